The highest BCUT2D eigenvalue weighted by Crippen LogP contribution is 2.08. The molecule has 0 unspecified atom stereocenters. The van der Waals surface area contributed by atoms with E-state index in [0.717, 1.165) is 0 Å². The number of nitriles is 1. The molecule has 0 aliphatic rings. The Hall–Kier alpha value is -1.84. The van der Waals surface area contributed by atoms with Crippen molar-refractivity contribution >= 4 is 0 Å². The van der Waals surface area contributed by atoms with Gasteiger partial charge in [0.25, 0.3) is 0 Å². The topological polar surface area (TPSA) is 44.0 Å². The normalized spacial score (nSPS) is 8.64. The third kappa shape index (κ3) is 2.58. The van der Waals surface area contributed by atoms with E-state index in [9.17, 15) is 4.39 Å². The molecule has 0 fully saturated rings. The highest BCUT2D eigenvalue weighted by Gasteiger charge is 1.99. The Morgan fingerprint density at radius 1 is 1.43 bits per heavy atom. The van der Waals surface area contributed by atoms with Crippen molar-refractivity contribution in [1.82, 2.24) is 0 Å². The second-order valence-electron chi connectivity index (χ2n) is 2.58. The summed E-state index contributed by atoms with van der Waals surface area (Å²) >= 11 is 0. The standard InChI is InChI=1S/C11H8FNO/c12-11-7-9(3-1-2-6-14)4-5-10(11)8-13/h4-5,7,14H,2,6H2. The fraction of sp³-hybridized carbons (Fsp3) is 0.182. The molecule has 1 aromatic rings. The third-order valence-corrected chi connectivity index (χ3v) is 1.56. The summed E-state index contributed by atoms with van der Waals surface area (Å²) in [5.74, 6) is 4.78. The predicted molar refractivity (Wildman–Crippen MR) is 49.7 cm³/mol. The van der Waals surface area contributed by atoms with Crippen LogP contribution in [-0.2, 0) is 0 Å². The average Bonchev–Trinajstić information content (AvgIpc) is 2.18. The number of halogens is 1. The first kappa shape index (κ1) is 10.2. The zero-order valence-corrected chi connectivity index (χ0v) is 7.42. The van der Waals surface area contributed by atoms with Crippen molar-refractivity contribution in [3.8, 4) is 17.9 Å². The number of aliphatic hydroxyl groups is 1. The summed E-state index contributed by atoms with van der Waals surface area (Å²) in [4.78, 5) is 0. The van der Waals surface area contributed by atoms with Gasteiger partial charge in [0.05, 0.1) is 12.2 Å². The van der Waals surface area contributed by atoms with Crippen molar-refractivity contribution in [2.24, 2.45) is 0 Å². The van der Waals surface area contributed by atoms with Crippen LogP contribution >= 0.6 is 0 Å². The van der Waals surface area contributed by atoms with E-state index >= 15 is 0 Å². The molecule has 70 valence electrons. The number of aliphatic hydroxyl groups excluding tert-OH is 1. The lowest BCUT2D eigenvalue weighted by Crippen LogP contribution is -1.85. The molecule has 0 heterocycles. The molecule has 1 N–H and O–H groups in total. The molecule has 0 aromatic heterocycles. The molecule has 0 saturated heterocycles. The minimum atomic E-state index is -0.566. The van der Waals surface area contributed by atoms with Gasteiger partial charge in [-0.2, -0.15) is 5.26 Å². The molecular formula is C11H8FNO. The lowest BCUT2D eigenvalue weighted by molar-refractivity contribution is 0.305. The van der Waals surface area contributed by atoms with E-state index in [1.807, 2.05) is 0 Å². The van der Waals surface area contributed by atoms with Gasteiger partial charge in [-0.05, 0) is 18.2 Å². The highest BCUT2D eigenvalue weighted by molar-refractivity contribution is 5.40. The van der Waals surface area contributed by atoms with Crippen molar-refractivity contribution in [2.75, 3.05) is 6.61 Å². The van der Waals surface area contributed by atoms with Crippen LogP contribution in [0.15, 0.2) is 18.2 Å². The fourth-order valence-corrected chi connectivity index (χ4v) is 0.904. The molecule has 0 bridgehead atoms. The van der Waals surface area contributed by atoms with Crippen LogP contribution in [0.25, 0.3) is 0 Å². The molecule has 3 heteroatoms. The van der Waals surface area contributed by atoms with Gasteiger partial charge in [0.15, 0.2) is 0 Å². The highest BCUT2D eigenvalue weighted by atomic mass is 19.1. The minimum Gasteiger partial charge on any atom is -0.395 e. The van der Waals surface area contributed by atoms with Gasteiger partial charge >= 0.3 is 0 Å². The summed E-state index contributed by atoms with van der Waals surface area (Å²) in [6.07, 6.45) is 0.363. The summed E-state index contributed by atoms with van der Waals surface area (Å²) in [7, 11) is 0. The molecular weight excluding hydrogens is 181 g/mol. The Bertz CT molecular complexity index is 423. The molecule has 1 rings (SSSR count). The first-order valence-corrected chi connectivity index (χ1v) is 4.07. The van der Waals surface area contributed by atoms with Crippen molar-refractivity contribution in [3.05, 3.63) is 35.1 Å². The Kier molecular flexibility index (Phi) is 3.67. The first-order valence-electron chi connectivity index (χ1n) is 4.07. The van der Waals surface area contributed by atoms with Crippen LogP contribution in [0.4, 0.5) is 4.39 Å². The van der Waals surface area contributed by atoms with Crippen LogP contribution in [0, 0.1) is 29.0 Å². The molecule has 0 aliphatic heterocycles. The number of nitrogens with zero attached hydrogens (tertiary/aromatic N) is 1. The zero-order chi connectivity index (χ0) is 10.4. The monoisotopic (exact) mass is 189 g/mol. The summed E-state index contributed by atoms with van der Waals surface area (Å²) < 4.78 is 13.0. The maximum Gasteiger partial charge on any atom is 0.142 e. The molecule has 2 nitrogen and oxygen atoms in total. The van der Waals surface area contributed by atoms with Gasteiger partial charge in [-0.15, -0.1) is 0 Å². The van der Waals surface area contributed by atoms with Gasteiger partial charge in [0.2, 0.25) is 0 Å². The molecule has 0 radical (unpaired) electrons. The largest absolute Gasteiger partial charge is 0.395 e. The molecule has 0 saturated carbocycles. The number of rotatable bonds is 1. The van der Waals surface area contributed by atoms with Crippen LogP contribution in [-0.4, -0.2) is 11.7 Å². The molecule has 0 atom stereocenters. The van der Waals surface area contributed by atoms with Gasteiger partial charge in [-0.1, -0.05) is 11.8 Å². The van der Waals surface area contributed by atoms with Gasteiger partial charge in [-0.3, -0.25) is 0 Å². The summed E-state index contributed by atoms with van der Waals surface area (Å²) in [5, 5.41) is 16.9. The van der Waals surface area contributed by atoms with Gasteiger partial charge in [0.1, 0.15) is 11.9 Å². The third-order valence-electron chi connectivity index (χ3n) is 1.56. The molecule has 1 aromatic carbocycles. The Labute approximate surface area is 81.6 Å². The van der Waals surface area contributed by atoms with E-state index in [4.69, 9.17) is 10.4 Å². The maximum absolute atomic E-state index is 13.0. The van der Waals surface area contributed by atoms with Crippen molar-refractivity contribution in [1.29, 1.82) is 5.26 Å². The van der Waals surface area contributed by atoms with Crippen LogP contribution in [0.2, 0.25) is 0 Å². The van der Waals surface area contributed by atoms with E-state index < -0.39 is 5.82 Å². The predicted octanol–water partition coefficient (Wildman–Crippen LogP) is 1.43. The lowest BCUT2D eigenvalue weighted by atomic mass is 10.1. The first-order chi connectivity index (χ1) is 6.77. The maximum atomic E-state index is 13.0. The zero-order valence-electron chi connectivity index (χ0n) is 7.42. The van der Waals surface area contributed by atoms with E-state index in [-0.39, 0.29) is 12.2 Å². The molecule has 0 spiro atoms. The smallest absolute Gasteiger partial charge is 0.142 e. The van der Waals surface area contributed by atoms with E-state index in [1.54, 1.807) is 12.1 Å². The average molecular weight is 189 g/mol. The lowest BCUT2D eigenvalue weighted by Gasteiger charge is -1.93. The minimum absolute atomic E-state index is 0.00817. The summed E-state index contributed by atoms with van der Waals surface area (Å²) in [6.45, 7) is -0.00817. The van der Waals surface area contributed by atoms with Crippen molar-refractivity contribution < 1.29 is 9.50 Å². The molecule has 0 amide bonds. The Morgan fingerprint density at radius 2 is 2.21 bits per heavy atom. The van der Waals surface area contributed by atoms with Gasteiger partial charge < -0.3 is 5.11 Å². The van der Waals surface area contributed by atoms with E-state index in [2.05, 4.69) is 11.8 Å². The SMILES string of the molecule is N#Cc1ccc(C#CCCO)cc1F. The quantitative estimate of drug-likeness (QED) is 0.679. The van der Waals surface area contributed by atoms with Crippen molar-refractivity contribution in [2.45, 2.75) is 6.42 Å². The Morgan fingerprint density at radius 3 is 2.79 bits per heavy atom. The number of benzene rings is 1. The number of hydrogen-bond donors (Lipinski definition) is 1. The second kappa shape index (κ2) is 5.01. The second-order valence-corrected chi connectivity index (χ2v) is 2.58. The van der Waals surface area contributed by atoms with Gasteiger partial charge in [0, 0.05) is 12.0 Å². The fourth-order valence-electron chi connectivity index (χ4n) is 0.904. The Balaban J connectivity index is 2.89. The van der Waals surface area contributed by atoms with Crippen LogP contribution < -0.4 is 0 Å². The van der Waals surface area contributed by atoms with Crippen LogP contribution in [0.5, 0.6) is 0 Å². The van der Waals surface area contributed by atoms with E-state index in [0.29, 0.717) is 12.0 Å². The van der Waals surface area contributed by atoms with Crippen LogP contribution in [0.3, 0.4) is 0 Å². The van der Waals surface area contributed by atoms with E-state index in [1.165, 1.54) is 12.1 Å². The number of hydrogen-bond acceptors (Lipinski definition) is 2. The summed E-state index contributed by atoms with van der Waals surface area (Å²) in [6, 6.07) is 5.90. The molecule has 14 heavy (non-hydrogen) atoms. The summed E-state index contributed by atoms with van der Waals surface area (Å²) in [5.41, 5.74) is 0.521. The van der Waals surface area contributed by atoms with Crippen molar-refractivity contribution in [3.63, 3.8) is 0 Å². The molecule has 0 aliphatic carbocycles. The van der Waals surface area contributed by atoms with Gasteiger partial charge in [-0.25, -0.2) is 4.39 Å². The van der Waals surface area contributed by atoms with Crippen LogP contribution in [0.1, 0.15) is 17.5 Å².